The Morgan fingerprint density at radius 2 is 1.08 bits per heavy atom. The summed E-state index contributed by atoms with van der Waals surface area (Å²) < 4.78 is 34.4. The first-order chi connectivity index (χ1) is 17.6. The van der Waals surface area contributed by atoms with Crippen molar-refractivity contribution in [3.05, 3.63) is 71.0 Å². The molecule has 0 fully saturated rings. The summed E-state index contributed by atoms with van der Waals surface area (Å²) in [5, 5.41) is 0. The fourth-order valence-corrected chi connectivity index (χ4v) is 4.46. The third kappa shape index (κ3) is 12.7. The van der Waals surface area contributed by atoms with Crippen LogP contribution in [0.5, 0.6) is 5.75 Å². The van der Waals surface area contributed by atoms with Gasteiger partial charge in [0, 0.05) is 12.0 Å². The maximum Gasteiger partial charge on any atom is 0.161 e. The number of halogens is 2. The van der Waals surface area contributed by atoms with Gasteiger partial charge in [-0.15, -0.1) is 0 Å². The predicted molar refractivity (Wildman–Crippen MR) is 151 cm³/mol. The van der Waals surface area contributed by atoms with E-state index in [2.05, 4.69) is 38.1 Å². The van der Waals surface area contributed by atoms with Crippen LogP contribution in [-0.4, -0.2) is 0 Å². The third-order valence-corrected chi connectivity index (χ3v) is 6.84. The van der Waals surface area contributed by atoms with E-state index in [0.29, 0.717) is 18.8 Å². The van der Waals surface area contributed by atoms with E-state index in [1.54, 1.807) is 24.3 Å². The Morgan fingerprint density at radius 1 is 0.583 bits per heavy atom. The van der Waals surface area contributed by atoms with Gasteiger partial charge in [-0.3, -0.25) is 0 Å². The van der Waals surface area contributed by atoms with E-state index in [1.807, 2.05) is 0 Å². The van der Waals surface area contributed by atoms with Gasteiger partial charge in [0.1, 0.15) is 18.2 Å². The maximum atomic E-state index is 14.4. The molecule has 0 aliphatic carbocycles. The van der Waals surface area contributed by atoms with Gasteiger partial charge in [-0.05, 0) is 54.7 Å². The van der Waals surface area contributed by atoms with Crippen LogP contribution in [0.3, 0.4) is 0 Å². The molecule has 0 saturated heterocycles. The topological polar surface area (TPSA) is 9.23 Å². The minimum Gasteiger partial charge on any atom is -0.489 e. The summed E-state index contributed by atoms with van der Waals surface area (Å²) in [6.07, 6.45) is 18.5. The van der Waals surface area contributed by atoms with Crippen molar-refractivity contribution in [2.45, 2.75) is 123 Å². The molecule has 3 heteroatoms. The third-order valence-electron chi connectivity index (χ3n) is 6.84. The Labute approximate surface area is 219 Å². The molecule has 0 amide bonds. The highest BCUT2D eigenvalue weighted by Crippen LogP contribution is 2.27. The Bertz CT molecular complexity index is 839. The van der Waals surface area contributed by atoms with E-state index in [9.17, 15) is 8.78 Å². The molecule has 0 heterocycles. The number of unbranched alkanes of at least 4 members (excludes halogenated alkanes) is 12. The van der Waals surface area contributed by atoms with Crippen molar-refractivity contribution in [1.82, 2.24) is 0 Å². The van der Waals surface area contributed by atoms with Gasteiger partial charge in [0.15, 0.2) is 5.83 Å². The van der Waals surface area contributed by atoms with Crippen molar-refractivity contribution in [3.63, 3.8) is 0 Å². The SMILES string of the molecule is CCCCCCCCCCCc1ccc(COc2ccc(/C(F)=C(/F)CCCCCCC)cc2)cc1. The molecular weight excluding hydrogens is 450 g/mol. The summed E-state index contributed by atoms with van der Waals surface area (Å²) in [6.45, 7) is 4.87. The second kappa shape index (κ2) is 19.0. The molecule has 0 aromatic heterocycles. The Morgan fingerprint density at radius 3 is 1.67 bits per heavy atom. The molecular formula is C33H48F2O. The van der Waals surface area contributed by atoms with Crippen LogP contribution < -0.4 is 4.74 Å². The number of benzene rings is 2. The number of hydrogen-bond donors (Lipinski definition) is 0. The van der Waals surface area contributed by atoms with Crippen LogP contribution in [0.15, 0.2) is 54.4 Å². The standard InChI is InChI=1S/C33H48F2O/c1-3-5-7-9-10-11-12-14-15-17-28-19-21-29(22-20-28)27-36-31-25-23-30(24-26-31)33(35)32(34)18-16-13-8-6-4-2/h19-26H,3-18,27H2,1-2H3/b33-32-. The van der Waals surface area contributed by atoms with E-state index < -0.39 is 11.7 Å². The van der Waals surface area contributed by atoms with Gasteiger partial charge in [-0.25, -0.2) is 8.78 Å². The van der Waals surface area contributed by atoms with E-state index in [-0.39, 0.29) is 12.0 Å². The van der Waals surface area contributed by atoms with Crippen molar-refractivity contribution in [3.8, 4) is 5.75 Å². The lowest BCUT2D eigenvalue weighted by atomic mass is 10.0. The van der Waals surface area contributed by atoms with Crippen LogP contribution in [0.4, 0.5) is 8.78 Å². The number of allylic oxidation sites excluding steroid dienone is 1. The summed E-state index contributed by atoms with van der Waals surface area (Å²) in [6, 6.07) is 15.2. The van der Waals surface area contributed by atoms with Gasteiger partial charge >= 0.3 is 0 Å². The Hall–Kier alpha value is -2.16. The maximum absolute atomic E-state index is 14.4. The van der Waals surface area contributed by atoms with Crippen LogP contribution >= 0.6 is 0 Å². The molecule has 0 unspecified atom stereocenters. The van der Waals surface area contributed by atoms with Gasteiger partial charge in [0.05, 0.1) is 0 Å². The molecule has 2 aromatic carbocycles. The number of rotatable bonds is 20. The lowest BCUT2D eigenvalue weighted by Crippen LogP contribution is -1.96. The minimum atomic E-state index is -0.750. The fraction of sp³-hybridized carbons (Fsp3) is 0.576. The van der Waals surface area contributed by atoms with E-state index >= 15 is 0 Å². The van der Waals surface area contributed by atoms with Crippen LogP contribution in [0.2, 0.25) is 0 Å². The first kappa shape index (κ1) is 30.1. The highest BCUT2D eigenvalue weighted by Gasteiger charge is 2.09. The van der Waals surface area contributed by atoms with Gasteiger partial charge in [0.25, 0.3) is 0 Å². The number of ether oxygens (including phenoxy) is 1. The second-order valence-electron chi connectivity index (χ2n) is 10.1. The summed E-state index contributed by atoms with van der Waals surface area (Å²) in [5.74, 6) is -0.743. The zero-order valence-electron chi connectivity index (χ0n) is 22.8. The molecule has 0 N–H and O–H groups in total. The zero-order chi connectivity index (χ0) is 25.8. The largest absolute Gasteiger partial charge is 0.489 e. The molecule has 36 heavy (non-hydrogen) atoms. The molecule has 0 aliphatic heterocycles. The molecule has 0 radical (unpaired) electrons. The first-order valence-electron chi connectivity index (χ1n) is 14.5. The monoisotopic (exact) mass is 498 g/mol. The van der Waals surface area contributed by atoms with E-state index in [0.717, 1.165) is 37.7 Å². The van der Waals surface area contributed by atoms with Crippen molar-refractivity contribution in [2.24, 2.45) is 0 Å². The van der Waals surface area contributed by atoms with Gasteiger partial charge in [0.2, 0.25) is 0 Å². The highest BCUT2D eigenvalue weighted by molar-refractivity contribution is 5.61. The number of hydrogen-bond acceptors (Lipinski definition) is 1. The van der Waals surface area contributed by atoms with Gasteiger partial charge in [-0.2, -0.15) is 0 Å². The van der Waals surface area contributed by atoms with Crippen LogP contribution in [0, 0.1) is 0 Å². The average Bonchev–Trinajstić information content (AvgIpc) is 2.91. The average molecular weight is 499 g/mol. The summed E-state index contributed by atoms with van der Waals surface area (Å²) in [4.78, 5) is 0. The molecule has 200 valence electrons. The van der Waals surface area contributed by atoms with Crippen LogP contribution in [-0.2, 0) is 13.0 Å². The lowest BCUT2D eigenvalue weighted by Gasteiger charge is -2.09. The van der Waals surface area contributed by atoms with E-state index in [4.69, 9.17) is 4.74 Å². The highest BCUT2D eigenvalue weighted by atomic mass is 19.2. The van der Waals surface area contributed by atoms with Crippen molar-refractivity contribution >= 4 is 5.83 Å². The molecule has 1 nitrogen and oxygen atoms in total. The smallest absolute Gasteiger partial charge is 0.161 e. The van der Waals surface area contributed by atoms with Crippen molar-refractivity contribution in [1.29, 1.82) is 0 Å². The molecule has 2 rings (SSSR count). The molecule has 0 saturated carbocycles. The molecule has 2 aromatic rings. The van der Waals surface area contributed by atoms with Crippen molar-refractivity contribution in [2.75, 3.05) is 0 Å². The lowest BCUT2D eigenvalue weighted by molar-refractivity contribution is 0.306. The quantitative estimate of drug-likeness (QED) is 0.165. The number of aryl methyl sites for hydroxylation is 1. The zero-order valence-corrected chi connectivity index (χ0v) is 22.8. The second-order valence-corrected chi connectivity index (χ2v) is 10.1. The normalized spacial score (nSPS) is 12.0. The molecule has 0 bridgehead atoms. The Balaban J connectivity index is 1.66. The van der Waals surface area contributed by atoms with E-state index in [1.165, 1.54) is 63.4 Å². The fourth-order valence-electron chi connectivity index (χ4n) is 4.46. The van der Waals surface area contributed by atoms with Gasteiger partial charge < -0.3 is 4.74 Å². The molecule has 0 aliphatic rings. The summed E-state index contributed by atoms with van der Waals surface area (Å²) in [7, 11) is 0. The van der Waals surface area contributed by atoms with Crippen LogP contribution in [0.1, 0.15) is 127 Å². The Kier molecular flexibility index (Phi) is 15.9. The summed E-state index contributed by atoms with van der Waals surface area (Å²) >= 11 is 0. The predicted octanol–water partition coefficient (Wildman–Crippen LogP) is 11.3. The van der Waals surface area contributed by atoms with Crippen molar-refractivity contribution < 1.29 is 13.5 Å². The minimum absolute atomic E-state index is 0.170. The summed E-state index contributed by atoms with van der Waals surface area (Å²) in [5.41, 5.74) is 2.75. The molecule has 0 spiro atoms. The molecule has 0 atom stereocenters. The van der Waals surface area contributed by atoms with Gasteiger partial charge in [-0.1, -0.05) is 115 Å². The van der Waals surface area contributed by atoms with Crippen LogP contribution in [0.25, 0.3) is 5.83 Å². The first-order valence-corrected chi connectivity index (χ1v) is 14.5.